The van der Waals surface area contributed by atoms with Crippen LogP contribution in [0.3, 0.4) is 0 Å². The molecule has 1 aliphatic heterocycles. The minimum atomic E-state index is -1.05. The number of hydrogen-bond acceptors (Lipinski definition) is 8. The highest BCUT2D eigenvalue weighted by Crippen LogP contribution is 2.29. The summed E-state index contributed by atoms with van der Waals surface area (Å²) in [6.45, 7) is 6.92. The summed E-state index contributed by atoms with van der Waals surface area (Å²) in [5, 5.41) is 21.1. The Hall–Kier alpha value is -1.62. The van der Waals surface area contributed by atoms with Gasteiger partial charge < -0.3 is 19.7 Å². The second-order valence-corrected chi connectivity index (χ2v) is 10.0. The van der Waals surface area contributed by atoms with Gasteiger partial charge >= 0.3 is 12.1 Å². The van der Waals surface area contributed by atoms with Crippen molar-refractivity contribution in [2.75, 3.05) is 26.0 Å². The van der Waals surface area contributed by atoms with Gasteiger partial charge in [0.25, 0.3) is 0 Å². The van der Waals surface area contributed by atoms with E-state index < -0.39 is 18.2 Å². The van der Waals surface area contributed by atoms with E-state index in [1.54, 1.807) is 18.1 Å². The highest BCUT2D eigenvalue weighted by molar-refractivity contribution is 8.01. The van der Waals surface area contributed by atoms with E-state index in [2.05, 4.69) is 4.98 Å². The van der Waals surface area contributed by atoms with E-state index in [-0.39, 0.29) is 23.3 Å². The van der Waals surface area contributed by atoms with Gasteiger partial charge in [0.1, 0.15) is 6.10 Å². The van der Waals surface area contributed by atoms with Gasteiger partial charge in [-0.2, -0.15) is 0 Å². The van der Waals surface area contributed by atoms with Crippen LogP contribution in [0.5, 0.6) is 0 Å². The van der Waals surface area contributed by atoms with Gasteiger partial charge in [-0.3, -0.25) is 4.90 Å². The zero-order chi connectivity index (χ0) is 22.3. The van der Waals surface area contributed by atoms with Gasteiger partial charge in [-0.1, -0.05) is 37.8 Å². The molecule has 1 aliphatic rings. The van der Waals surface area contributed by atoms with Crippen molar-refractivity contribution < 1.29 is 29.3 Å². The molecule has 30 heavy (non-hydrogen) atoms. The molecule has 10 heteroatoms. The first-order valence-electron chi connectivity index (χ1n) is 9.80. The summed E-state index contributed by atoms with van der Waals surface area (Å²) in [6, 6.07) is -0.270. The average Bonchev–Trinajstić information content (AvgIpc) is 3.25. The first kappa shape index (κ1) is 24.6. The molecule has 0 aromatic carbocycles. The van der Waals surface area contributed by atoms with Crippen molar-refractivity contribution in [1.82, 2.24) is 9.88 Å². The first-order valence-corrected chi connectivity index (χ1v) is 11.7. The number of aliphatic hydroxyl groups excluding tert-OH is 1. The molecule has 0 bridgehead atoms. The number of carbonyl (C=O) groups excluding carboxylic acids is 1. The Morgan fingerprint density at radius 3 is 2.90 bits per heavy atom. The van der Waals surface area contributed by atoms with Crippen molar-refractivity contribution in [3.05, 3.63) is 23.2 Å². The van der Waals surface area contributed by atoms with Crippen LogP contribution in [0.4, 0.5) is 4.79 Å². The number of aromatic carboxylic acids is 1. The van der Waals surface area contributed by atoms with E-state index in [0.717, 1.165) is 12.8 Å². The summed E-state index contributed by atoms with van der Waals surface area (Å²) in [4.78, 5) is 28.8. The molecule has 1 fully saturated rings. The number of nitrogens with zero attached hydrogens (tertiary/aromatic N) is 2. The van der Waals surface area contributed by atoms with Gasteiger partial charge in [0.15, 0.2) is 10.0 Å². The molecule has 2 rings (SSSR count). The Labute approximate surface area is 185 Å². The molecule has 2 N–H and O–H groups in total. The smallest absolute Gasteiger partial charge is 0.410 e. The molecule has 0 saturated carbocycles. The molecule has 1 amide bonds. The van der Waals surface area contributed by atoms with Crippen molar-refractivity contribution in [2.24, 2.45) is 5.41 Å². The Morgan fingerprint density at radius 2 is 2.27 bits per heavy atom. The van der Waals surface area contributed by atoms with Gasteiger partial charge in [0.05, 0.1) is 12.1 Å². The topological polar surface area (TPSA) is 109 Å². The van der Waals surface area contributed by atoms with Crippen molar-refractivity contribution in [1.29, 1.82) is 0 Å². The lowest BCUT2D eigenvalue weighted by molar-refractivity contribution is 0.0690. The van der Waals surface area contributed by atoms with Gasteiger partial charge in [0.2, 0.25) is 0 Å². The zero-order valence-electron chi connectivity index (χ0n) is 17.7. The fraction of sp³-hybridized carbons (Fsp3) is 0.650. The molecule has 0 aliphatic carbocycles. The fourth-order valence-electron chi connectivity index (χ4n) is 3.12. The third-order valence-electron chi connectivity index (χ3n) is 5.08. The number of thiazole rings is 1. The van der Waals surface area contributed by atoms with Crippen LogP contribution in [0.1, 0.15) is 44.1 Å². The predicted molar refractivity (Wildman–Crippen MR) is 116 cm³/mol. The number of ether oxygens (including phenoxy) is 2. The van der Waals surface area contributed by atoms with Crippen molar-refractivity contribution in [3.8, 4) is 0 Å². The summed E-state index contributed by atoms with van der Waals surface area (Å²) in [5.41, 5.74) is -0.283. The third-order valence-corrected chi connectivity index (χ3v) is 7.08. The monoisotopic (exact) mass is 458 g/mol. The van der Waals surface area contributed by atoms with Crippen LogP contribution < -0.4 is 0 Å². The fourth-order valence-corrected chi connectivity index (χ4v) is 4.93. The zero-order valence-corrected chi connectivity index (χ0v) is 19.4. The summed E-state index contributed by atoms with van der Waals surface area (Å²) in [7, 11) is 1.66. The number of hydrogen-bond donors (Lipinski definition) is 2. The Morgan fingerprint density at radius 1 is 1.53 bits per heavy atom. The minimum absolute atomic E-state index is 0.0274. The van der Waals surface area contributed by atoms with E-state index in [0.29, 0.717) is 23.2 Å². The number of thioether (sulfide) groups is 1. The average molecular weight is 459 g/mol. The Bertz CT molecular complexity index is 751. The van der Waals surface area contributed by atoms with Crippen LogP contribution in [0.25, 0.3) is 0 Å². The van der Waals surface area contributed by atoms with Crippen LogP contribution >= 0.6 is 23.1 Å². The largest absolute Gasteiger partial charge is 0.476 e. The maximum Gasteiger partial charge on any atom is 0.410 e. The molecular formula is C20H30N2O6S2. The van der Waals surface area contributed by atoms with Crippen molar-refractivity contribution in [3.63, 3.8) is 0 Å². The van der Waals surface area contributed by atoms with Crippen LogP contribution in [0.2, 0.25) is 0 Å². The van der Waals surface area contributed by atoms with Gasteiger partial charge in [0, 0.05) is 31.4 Å². The maximum absolute atomic E-state index is 12.2. The molecule has 0 spiro atoms. The number of rotatable bonds is 12. The Kier molecular flexibility index (Phi) is 9.14. The van der Waals surface area contributed by atoms with Crippen molar-refractivity contribution >= 4 is 35.2 Å². The van der Waals surface area contributed by atoms with E-state index in [1.807, 2.05) is 26.8 Å². The molecule has 1 saturated heterocycles. The molecule has 2 heterocycles. The van der Waals surface area contributed by atoms with Crippen LogP contribution in [0, 0.1) is 5.41 Å². The van der Waals surface area contributed by atoms with Gasteiger partial charge in [-0.25, -0.2) is 14.6 Å². The maximum atomic E-state index is 12.2. The molecule has 8 nitrogen and oxygen atoms in total. The Balaban J connectivity index is 1.93. The number of carboxylic acids is 1. The van der Waals surface area contributed by atoms with Crippen LogP contribution in [0.15, 0.2) is 21.9 Å². The highest BCUT2D eigenvalue weighted by atomic mass is 32.2. The predicted octanol–water partition coefficient (Wildman–Crippen LogP) is 3.51. The molecule has 3 unspecified atom stereocenters. The van der Waals surface area contributed by atoms with Gasteiger partial charge in [-0.15, -0.1) is 11.3 Å². The number of amides is 1. The second kappa shape index (κ2) is 11.1. The van der Waals surface area contributed by atoms with Crippen molar-refractivity contribution in [2.45, 2.75) is 56.2 Å². The van der Waals surface area contributed by atoms with Crippen LogP contribution in [-0.2, 0) is 9.47 Å². The quantitative estimate of drug-likeness (QED) is 0.278. The van der Waals surface area contributed by atoms with Crippen LogP contribution in [-0.4, -0.2) is 76.4 Å². The summed E-state index contributed by atoms with van der Waals surface area (Å²) in [6.07, 6.45) is 3.90. The summed E-state index contributed by atoms with van der Waals surface area (Å²) < 4.78 is 11.1. The van der Waals surface area contributed by atoms with E-state index in [9.17, 15) is 14.7 Å². The molecule has 0 radical (unpaired) electrons. The molecule has 1 aromatic rings. The standard InChI is InChI=1S/C20H30N2O6S2/c1-13-15(6-7-16(23)20(2,3)8-5-10-27-4)22(19(26)28-13)9-11-29-18-21-14(12-30-18)17(24)25/h6-7,12-13,15-16,23H,5,8-11H2,1-4H3,(H,24,25). The van der Waals surface area contributed by atoms with E-state index in [4.69, 9.17) is 14.6 Å². The third kappa shape index (κ3) is 6.69. The number of methoxy groups -OCH3 is 1. The number of aromatic nitrogens is 1. The second-order valence-electron chi connectivity index (χ2n) is 7.84. The number of cyclic esters (lactones) is 1. The lowest BCUT2D eigenvalue weighted by atomic mass is 9.81. The van der Waals surface area contributed by atoms with E-state index in [1.165, 1.54) is 28.5 Å². The molecule has 3 atom stereocenters. The van der Waals surface area contributed by atoms with Gasteiger partial charge in [-0.05, 0) is 25.2 Å². The molecule has 168 valence electrons. The molecule has 1 aromatic heterocycles. The van der Waals surface area contributed by atoms with E-state index >= 15 is 0 Å². The number of carboxylic acid groups (broad SMARTS) is 1. The number of carbonyl (C=O) groups is 2. The number of aliphatic hydroxyl groups is 1. The first-order chi connectivity index (χ1) is 14.2. The minimum Gasteiger partial charge on any atom is -0.476 e. The molecular weight excluding hydrogens is 428 g/mol. The normalized spacial score (nSPS) is 20.7. The summed E-state index contributed by atoms with van der Waals surface area (Å²) in [5.74, 6) is -0.493. The lowest BCUT2D eigenvalue weighted by Gasteiger charge is -2.29. The lowest BCUT2D eigenvalue weighted by Crippen LogP contribution is -2.36. The SMILES string of the molecule is COCCCC(C)(C)C(O)C=CC1C(C)OC(=O)N1CCSc1nc(C(=O)O)cs1. The summed E-state index contributed by atoms with van der Waals surface area (Å²) >= 11 is 2.67. The highest BCUT2D eigenvalue weighted by Gasteiger charge is 2.37.